The van der Waals surface area contributed by atoms with Crippen LogP contribution in [-0.4, -0.2) is 26.8 Å². The van der Waals surface area contributed by atoms with Crippen molar-refractivity contribution >= 4 is 59.3 Å². The number of nitro benzene ring substituents is 1. The van der Waals surface area contributed by atoms with E-state index in [0.717, 1.165) is 0 Å². The SMILES string of the molecule is O=C(NNC(=O)c1cc(/C=C/c2cccc([N+](=O)[O-])c2)[nH]c(=S)n1)Nc1ccc(Cl)cc1.[HH].[HH].[HH].[HH]. The molecular weight excluding hydrogens is 456 g/mol. The van der Waals surface area contributed by atoms with Crippen LogP contribution in [0.1, 0.15) is 27.5 Å². The Balaban J connectivity index is 0. The molecule has 0 spiro atoms. The molecule has 4 N–H and O–H groups in total. The molecule has 12 heteroatoms. The van der Waals surface area contributed by atoms with Gasteiger partial charge in [0.1, 0.15) is 5.69 Å². The Kier molecular flexibility index (Phi) is 7.26. The molecule has 170 valence electrons. The largest absolute Gasteiger partial charge is 0.337 e. The topological polar surface area (TPSA) is 142 Å². The van der Waals surface area contributed by atoms with Crippen LogP contribution in [0.3, 0.4) is 0 Å². The summed E-state index contributed by atoms with van der Waals surface area (Å²) in [4.78, 5) is 41.4. The lowest BCUT2D eigenvalue weighted by molar-refractivity contribution is -0.384. The number of anilines is 1. The number of nitrogens with one attached hydrogen (secondary N) is 4. The number of hydrogen-bond donors (Lipinski definition) is 4. The highest BCUT2D eigenvalue weighted by Gasteiger charge is 2.10. The summed E-state index contributed by atoms with van der Waals surface area (Å²) in [5, 5.41) is 13.9. The Labute approximate surface area is 197 Å². The maximum Gasteiger partial charge on any atom is 0.337 e. The number of non-ortho nitro benzene ring substituents is 1. The summed E-state index contributed by atoms with van der Waals surface area (Å²) in [6, 6.07) is 13.2. The van der Waals surface area contributed by atoms with Crippen molar-refractivity contribution in [3.8, 4) is 0 Å². The van der Waals surface area contributed by atoms with Gasteiger partial charge in [-0.1, -0.05) is 29.8 Å². The van der Waals surface area contributed by atoms with Gasteiger partial charge in [0, 0.05) is 34.2 Å². The van der Waals surface area contributed by atoms with Gasteiger partial charge in [-0.3, -0.25) is 20.3 Å². The van der Waals surface area contributed by atoms with Gasteiger partial charge in [0.25, 0.3) is 11.6 Å². The maximum atomic E-state index is 12.4. The summed E-state index contributed by atoms with van der Waals surface area (Å²) in [5.41, 5.74) is 5.86. The minimum absolute atomic E-state index is 0. The Morgan fingerprint density at radius 3 is 2.59 bits per heavy atom. The summed E-state index contributed by atoms with van der Waals surface area (Å²) in [6.07, 6.45) is 3.21. The quantitative estimate of drug-likeness (QED) is 0.222. The van der Waals surface area contributed by atoms with Gasteiger partial charge in [-0.25, -0.2) is 15.2 Å². The molecule has 3 rings (SSSR count). The number of nitrogens with zero attached hydrogens (tertiary/aromatic N) is 2. The number of rotatable bonds is 5. The third-order valence-corrected chi connectivity index (χ3v) is 4.37. The zero-order valence-corrected chi connectivity index (χ0v) is 17.7. The van der Waals surface area contributed by atoms with E-state index < -0.39 is 16.9 Å². The molecular formula is C20H23ClN6O4S. The lowest BCUT2D eigenvalue weighted by Crippen LogP contribution is -2.44. The van der Waals surface area contributed by atoms with E-state index in [1.807, 2.05) is 0 Å². The van der Waals surface area contributed by atoms with Crippen molar-refractivity contribution in [1.82, 2.24) is 20.8 Å². The van der Waals surface area contributed by atoms with E-state index >= 15 is 0 Å². The molecule has 0 bridgehead atoms. The molecule has 0 atom stereocenters. The molecule has 0 aliphatic rings. The molecule has 32 heavy (non-hydrogen) atoms. The van der Waals surface area contributed by atoms with Crippen LogP contribution in [0.15, 0.2) is 54.6 Å². The Hall–Kier alpha value is -4.09. The second kappa shape index (κ2) is 10.3. The molecule has 3 aromatic rings. The van der Waals surface area contributed by atoms with Crippen LogP contribution in [0.2, 0.25) is 5.02 Å². The smallest absolute Gasteiger partial charge is 0.331 e. The van der Waals surface area contributed by atoms with Crippen LogP contribution in [0, 0.1) is 14.9 Å². The van der Waals surface area contributed by atoms with Crippen molar-refractivity contribution in [2.24, 2.45) is 0 Å². The normalized spacial score (nSPS) is 10.5. The van der Waals surface area contributed by atoms with Crippen LogP contribution < -0.4 is 16.2 Å². The van der Waals surface area contributed by atoms with E-state index in [1.54, 1.807) is 48.6 Å². The molecule has 0 saturated carbocycles. The van der Waals surface area contributed by atoms with Gasteiger partial charge in [0.2, 0.25) is 0 Å². The minimum atomic E-state index is -0.693. The Morgan fingerprint density at radius 1 is 1.12 bits per heavy atom. The first-order valence-electron chi connectivity index (χ1n) is 8.97. The van der Waals surface area contributed by atoms with Crippen molar-refractivity contribution in [1.29, 1.82) is 0 Å². The zero-order chi connectivity index (χ0) is 23.1. The molecule has 0 unspecified atom stereocenters. The van der Waals surface area contributed by atoms with Crippen LogP contribution >= 0.6 is 23.8 Å². The van der Waals surface area contributed by atoms with Gasteiger partial charge >= 0.3 is 6.03 Å². The third kappa shape index (κ3) is 6.45. The second-order valence-corrected chi connectivity index (χ2v) is 7.08. The molecule has 3 amide bonds. The molecule has 0 fully saturated rings. The van der Waals surface area contributed by atoms with Crippen molar-refractivity contribution in [2.75, 3.05) is 5.32 Å². The number of hydrogen-bond acceptors (Lipinski definition) is 6. The fourth-order valence-corrected chi connectivity index (χ4v) is 2.83. The number of carbonyl (C=O) groups is 2. The number of hydrazine groups is 1. The van der Waals surface area contributed by atoms with Crippen molar-refractivity contribution < 1.29 is 20.2 Å². The van der Waals surface area contributed by atoms with E-state index in [2.05, 4.69) is 26.1 Å². The first-order chi connectivity index (χ1) is 15.3. The highest BCUT2D eigenvalue weighted by Crippen LogP contribution is 2.15. The molecule has 0 radical (unpaired) electrons. The van der Waals surface area contributed by atoms with E-state index in [0.29, 0.717) is 22.0 Å². The van der Waals surface area contributed by atoms with Gasteiger partial charge < -0.3 is 10.3 Å². The Morgan fingerprint density at radius 2 is 1.88 bits per heavy atom. The third-order valence-electron chi connectivity index (χ3n) is 3.93. The summed E-state index contributed by atoms with van der Waals surface area (Å²) < 4.78 is 0.0435. The molecule has 1 heterocycles. The number of amides is 3. The monoisotopic (exact) mass is 478 g/mol. The molecule has 2 aromatic carbocycles. The number of nitro groups is 1. The predicted octanol–water partition coefficient (Wildman–Crippen LogP) is 5.32. The van der Waals surface area contributed by atoms with Crippen LogP contribution in [0.4, 0.5) is 16.2 Å². The predicted molar refractivity (Wildman–Crippen MR) is 131 cm³/mol. The molecule has 0 aliphatic carbocycles. The summed E-state index contributed by atoms with van der Waals surface area (Å²) in [5.74, 6) is -0.693. The summed E-state index contributed by atoms with van der Waals surface area (Å²) >= 11 is 10.8. The fourth-order valence-electron chi connectivity index (χ4n) is 2.48. The second-order valence-electron chi connectivity index (χ2n) is 6.25. The summed E-state index contributed by atoms with van der Waals surface area (Å²) in [7, 11) is 0. The van der Waals surface area contributed by atoms with Gasteiger partial charge in [-0.05, 0) is 54.2 Å². The Bertz CT molecular complexity index is 1280. The van der Waals surface area contributed by atoms with Crippen LogP contribution in [-0.2, 0) is 0 Å². The van der Waals surface area contributed by atoms with Gasteiger partial charge in [-0.15, -0.1) is 0 Å². The van der Waals surface area contributed by atoms with Crippen molar-refractivity contribution in [2.45, 2.75) is 0 Å². The first-order valence-corrected chi connectivity index (χ1v) is 9.75. The number of carbonyl (C=O) groups excluding carboxylic acids is 2. The fraction of sp³-hybridized carbons (Fsp3) is 0. The highest BCUT2D eigenvalue weighted by molar-refractivity contribution is 7.71. The molecule has 0 saturated heterocycles. The van der Waals surface area contributed by atoms with Gasteiger partial charge in [0.15, 0.2) is 4.77 Å². The molecule has 1 aromatic heterocycles. The van der Waals surface area contributed by atoms with Gasteiger partial charge in [0.05, 0.1) is 4.92 Å². The van der Waals surface area contributed by atoms with E-state index in [-0.39, 0.29) is 21.9 Å². The lowest BCUT2D eigenvalue weighted by Gasteiger charge is -2.09. The van der Waals surface area contributed by atoms with Gasteiger partial charge in [-0.2, -0.15) is 0 Å². The van der Waals surface area contributed by atoms with E-state index in [9.17, 15) is 19.7 Å². The van der Waals surface area contributed by atoms with E-state index in [4.69, 9.17) is 23.8 Å². The number of aromatic amines is 1. The number of benzene rings is 2. The first kappa shape index (κ1) is 22.6. The average Bonchev–Trinajstić information content (AvgIpc) is 2.77. The van der Waals surface area contributed by atoms with Crippen molar-refractivity contribution in [3.05, 3.63) is 91.5 Å². The lowest BCUT2D eigenvalue weighted by atomic mass is 10.1. The average molecular weight is 479 g/mol. The minimum Gasteiger partial charge on any atom is -0.331 e. The standard InChI is InChI=1S/C20H15ClN6O4S.4H2/c21-13-5-8-14(9-6-13)22-19(29)26-25-18(28)17-11-15(23-20(32)24-17)7-4-12-2-1-3-16(10-12)27(30)31;;;;/h1-11H,(H,25,28)(H2,22,26,29)(H,23,24,32);4*1H/b7-4+;;;;. The number of aromatic nitrogens is 2. The highest BCUT2D eigenvalue weighted by atomic mass is 35.5. The van der Waals surface area contributed by atoms with Crippen LogP contribution in [0.25, 0.3) is 12.2 Å². The van der Waals surface area contributed by atoms with Crippen molar-refractivity contribution in [3.63, 3.8) is 0 Å². The number of urea groups is 1. The van der Waals surface area contributed by atoms with Crippen LogP contribution in [0.5, 0.6) is 0 Å². The molecule has 0 aliphatic heterocycles. The molecule has 10 nitrogen and oxygen atoms in total. The van der Waals surface area contributed by atoms with E-state index in [1.165, 1.54) is 18.2 Å². The summed E-state index contributed by atoms with van der Waals surface area (Å²) in [6.45, 7) is 0. The number of halogens is 1. The maximum absolute atomic E-state index is 12.4. The zero-order valence-electron chi connectivity index (χ0n) is 16.2. The number of H-pyrrole nitrogens is 1.